The smallest absolute Gasteiger partial charge is 0.324 e. The fourth-order valence-corrected chi connectivity index (χ4v) is 2.31. The molecule has 4 nitrogen and oxygen atoms in total. The van der Waals surface area contributed by atoms with Crippen molar-refractivity contribution in [2.75, 3.05) is 5.32 Å². The van der Waals surface area contributed by atoms with E-state index in [4.69, 9.17) is 11.6 Å². The van der Waals surface area contributed by atoms with Crippen molar-refractivity contribution in [3.8, 4) is 0 Å². The zero-order valence-corrected chi connectivity index (χ0v) is 10.6. The maximum Gasteiger partial charge on any atom is 0.324 e. The summed E-state index contributed by atoms with van der Waals surface area (Å²) in [6.45, 7) is 0.315. The number of thiophene rings is 1. The second kappa shape index (κ2) is 5.32. The van der Waals surface area contributed by atoms with Crippen molar-refractivity contribution in [1.82, 2.24) is 0 Å². The molecule has 2 aromatic rings. The van der Waals surface area contributed by atoms with Crippen LogP contribution in [-0.4, -0.2) is 4.92 Å². The standard InChI is InChI=1S/C11H8ClFN2O2S/c12-7-1-3-9(13)10(5-7)14-6-8-2-4-11(18-8)15(16)17/h1-5,14H,6H2. The van der Waals surface area contributed by atoms with Crippen LogP contribution in [-0.2, 0) is 6.54 Å². The fraction of sp³-hybridized carbons (Fsp3) is 0.0909. The van der Waals surface area contributed by atoms with Crippen molar-refractivity contribution in [3.05, 3.63) is 56.2 Å². The van der Waals surface area contributed by atoms with E-state index in [0.29, 0.717) is 11.6 Å². The molecule has 0 saturated carbocycles. The van der Waals surface area contributed by atoms with Crippen molar-refractivity contribution in [2.45, 2.75) is 6.54 Å². The predicted octanol–water partition coefficient (Wildman–Crippen LogP) is 4.06. The van der Waals surface area contributed by atoms with Gasteiger partial charge in [0.1, 0.15) is 5.82 Å². The molecule has 0 atom stereocenters. The maximum absolute atomic E-state index is 13.4. The summed E-state index contributed by atoms with van der Waals surface area (Å²) < 4.78 is 13.4. The first-order chi connectivity index (χ1) is 8.56. The van der Waals surface area contributed by atoms with Crippen molar-refractivity contribution in [3.63, 3.8) is 0 Å². The van der Waals surface area contributed by atoms with E-state index >= 15 is 0 Å². The summed E-state index contributed by atoms with van der Waals surface area (Å²) in [5, 5.41) is 13.9. The topological polar surface area (TPSA) is 55.2 Å². The first-order valence-corrected chi connectivity index (χ1v) is 6.18. The Morgan fingerprint density at radius 3 is 2.83 bits per heavy atom. The van der Waals surface area contributed by atoms with Crippen LogP contribution in [0, 0.1) is 15.9 Å². The SMILES string of the molecule is O=[N+]([O-])c1ccc(CNc2cc(Cl)ccc2F)s1. The third-order valence-electron chi connectivity index (χ3n) is 2.21. The maximum atomic E-state index is 13.4. The summed E-state index contributed by atoms with van der Waals surface area (Å²) >= 11 is 6.80. The Balaban J connectivity index is 2.06. The number of halogens is 2. The van der Waals surface area contributed by atoms with E-state index in [1.54, 1.807) is 6.07 Å². The zero-order valence-electron chi connectivity index (χ0n) is 9.02. The molecule has 0 radical (unpaired) electrons. The molecule has 1 aromatic carbocycles. The lowest BCUT2D eigenvalue weighted by molar-refractivity contribution is -0.380. The van der Waals surface area contributed by atoms with Crippen LogP contribution in [0.1, 0.15) is 4.88 Å². The molecular weight excluding hydrogens is 279 g/mol. The van der Waals surface area contributed by atoms with Crippen molar-refractivity contribution < 1.29 is 9.31 Å². The third kappa shape index (κ3) is 2.96. The van der Waals surface area contributed by atoms with Crippen LogP contribution < -0.4 is 5.32 Å². The van der Waals surface area contributed by atoms with Crippen molar-refractivity contribution in [1.29, 1.82) is 0 Å². The van der Waals surface area contributed by atoms with Gasteiger partial charge in [0.05, 0.1) is 10.6 Å². The van der Waals surface area contributed by atoms with Gasteiger partial charge in [0, 0.05) is 22.5 Å². The van der Waals surface area contributed by atoms with E-state index in [9.17, 15) is 14.5 Å². The molecule has 0 saturated heterocycles. The number of nitrogens with one attached hydrogen (secondary N) is 1. The summed E-state index contributed by atoms with van der Waals surface area (Å²) in [7, 11) is 0. The van der Waals surface area contributed by atoms with E-state index in [2.05, 4.69) is 5.32 Å². The van der Waals surface area contributed by atoms with E-state index in [1.807, 2.05) is 0 Å². The monoisotopic (exact) mass is 286 g/mol. The first-order valence-electron chi connectivity index (χ1n) is 4.98. The predicted molar refractivity (Wildman–Crippen MR) is 69.7 cm³/mol. The molecule has 0 aliphatic carbocycles. The van der Waals surface area contributed by atoms with E-state index in [-0.39, 0.29) is 10.7 Å². The fourth-order valence-electron chi connectivity index (χ4n) is 1.38. The number of nitro groups is 1. The molecule has 1 heterocycles. The first kappa shape index (κ1) is 12.8. The molecule has 0 fully saturated rings. The minimum atomic E-state index is -0.450. The van der Waals surface area contributed by atoms with Gasteiger partial charge in [-0.3, -0.25) is 10.1 Å². The average molecular weight is 287 g/mol. The van der Waals surface area contributed by atoms with E-state index < -0.39 is 10.7 Å². The summed E-state index contributed by atoms with van der Waals surface area (Å²) in [5.41, 5.74) is 0.276. The van der Waals surface area contributed by atoms with Crippen LogP contribution >= 0.6 is 22.9 Å². The number of nitrogens with zero attached hydrogens (tertiary/aromatic N) is 1. The average Bonchev–Trinajstić information content (AvgIpc) is 2.79. The lowest BCUT2D eigenvalue weighted by Crippen LogP contribution is -1.99. The summed E-state index contributed by atoms with van der Waals surface area (Å²) in [5.74, 6) is -0.412. The molecule has 1 N–H and O–H groups in total. The molecular formula is C11H8ClFN2O2S. The Kier molecular flexibility index (Phi) is 3.78. The second-order valence-corrected chi connectivity index (χ2v) is 5.06. The number of hydrogen-bond donors (Lipinski definition) is 1. The van der Waals surface area contributed by atoms with Crippen LogP contribution in [0.4, 0.5) is 15.1 Å². The quantitative estimate of drug-likeness (QED) is 0.681. The highest BCUT2D eigenvalue weighted by Gasteiger charge is 2.10. The highest BCUT2D eigenvalue weighted by atomic mass is 35.5. The molecule has 0 bridgehead atoms. The third-order valence-corrected chi connectivity index (χ3v) is 3.48. The van der Waals surface area contributed by atoms with E-state index in [0.717, 1.165) is 16.2 Å². The minimum absolute atomic E-state index is 0.0679. The Hall–Kier alpha value is -1.66. The summed E-state index contributed by atoms with van der Waals surface area (Å²) in [6.07, 6.45) is 0. The Labute approximate surface area is 111 Å². The Morgan fingerprint density at radius 1 is 1.39 bits per heavy atom. The highest BCUT2D eigenvalue weighted by Crippen LogP contribution is 2.26. The molecule has 94 valence electrons. The second-order valence-electron chi connectivity index (χ2n) is 3.47. The lowest BCUT2D eigenvalue weighted by Gasteiger charge is -2.06. The Bertz CT molecular complexity index is 588. The molecule has 18 heavy (non-hydrogen) atoms. The van der Waals surface area contributed by atoms with Gasteiger partial charge in [-0.1, -0.05) is 22.9 Å². The van der Waals surface area contributed by atoms with Crippen LogP contribution in [0.5, 0.6) is 0 Å². The molecule has 0 aliphatic heterocycles. The van der Waals surface area contributed by atoms with Gasteiger partial charge in [-0.05, 0) is 24.3 Å². The van der Waals surface area contributed by atoms with Gasteiger partial charge in [0.15, 0.2) is 0 Å². The van der Waals surface area contributed by atoms with Crippen LogP contribution in [0.2, 0.25) is 5.02 Å². The number of anilines is 1. The summed E-state index contributed by atoms with van der Waals surface area (Å²) in [6, 6.07) is 7.26. The molecule has 7 heteroatoms. The summed E-state index contributed by atoms with van der Waals surface area (Å²) in [4.78, 5) is 10.8. The largest absolute Gasteiger partial charge is 0.378 e. The van der Waals surface area contributed by atoms with Gasteiger partial charge >= 0.3 is 5.00 Å². The van der Waals surface area contributed by atoms with Gasteiger partial charge in [-0.15, -0.1) is 0 Å². The number of benzene rings is 1. The minimum Gasteiger partial charge on any atom is -0.378 e. The molecule has 0 spiro atoms. The van der Waals surface area contributed by atoms with Gasteiger partial charge in [-0.2, -0.15) is 0 Å². The molecule has 0 aliphatic rings. The van der Waals surface area contributed by atoms with Crippen LogP contribution in [0.25, 0.3) is 0 Å². The number of hydrogen-bond acceptors (Lipinski definition) is 4. The van der Waals surface area contributed by atoms with E-state index in [1.165, 1.54) is 24.3 Å². The Morgan fingerprint density at radius 2 is 2.17 bits per heavy atom. The molecule has 1 aromatic heterocycles. The highest BCUT2D eigenvalue weighted by molar-refractivity contribution is 7.15. The van der Waals surface area contributed by atoms with Crippen molar-refractivity contribution in [2.24, 2.45) is 0 Å². The van der Waals surface area contributed by atoms with Gasteiger partial charge in [-0.25, -0.2) is 4.39 Å². The molecule has 2 rings (SSSR count). The normalized spacial score (nSPS) is 10.3. The van der Waals surface area contributed by atoms with Gasteiger partial charge < -0.3 is 5.32 Å². The van der Waals surface area contributed by atoms with Gasteiger partial charge in [0.2, 0.25) is 0 Å². The lowest BCUT2D eigenvalue weighted by atomic mass is 10.3. The van der Waals surface area contributed by atoms with Gasteiger partial charge in [0.25, 0.3) is 0 Å². The molecule has 0 unspecified atom stereocenters. The zero-order chi connectivity index (χ0) is 13.1. The molecule has 0 amide bonds. The van der Waals surface area contributed by atoms with Crippen molar-refractivity contribution >= 4 is 33.6 Å². The van der Waals surface area contributed by atoms with Crippen LogP contribution in [0.15, 0.2) is 30.3 Å². The van der Waals surface area contributed by atoms with Crippen LogP contribution in [0.3, 0.4) is 0 Å². The number of rotatable bonds is 4.